The first kappa shape index (κ1) is 42.6. The molecule has 7 rings (SSSR count). The molecular formula is C45H52IrN5O4Si-. The van der Waals surface area contributed by atoms with Crippen LogP contribution in [-0.4, -0.2) is 39.1 Å². The van der Waals surface area contributed by atoms with Crippen LogP contribution in [0, 0.1) is 29.2 Å². The Morgan fingerprint density at radius 2 is 1.62 bits per heavy atom. The number of aliphatic hydroxyl groups excluding tert-OH is 1. The van der Waals surface area contributed by atoms with E-state index in [9.17, 15) is 15.2 Å². The van der Waals surface area contributed by atoms with Crippen molar-refractivity contribution in [3.63, 3.8) is 0 Å². The van der Waals surface area contributed by atoms with Crippen molar-refractivity contribution in [3.8, 4) is 28.9 Å². The van der Waals surface area contributed by atoms with Gasteiger partial charge < -0.3 is 13.9 Å². The molecule has 9 nitrogen and oxygen atoms in total. The minimum atomic E-state index is -1.82. The van der Waals surface area contributed by atoms with Crippen LogP contribution in [0.4, 0.5) is 0 Å². The molecule has 1 radical (unpaired) electrons. The van der Waals surface area contributed by atoms with Crippen molar-refractivity contribution < 1.29 is 38.8 Å². The third-order valence-electron chi connectivity index (χ3n) is 11.2. The van der Waals surface area contributed by atoms with E-state index < -0.39 is 8.07 Å². The van der Waals surface area contributed by atoms with Crippen molar-refractivity contribution in [3.05, 3.63) is 77.7 Å². The molecule has 1 fully saturated rings. The molecule has 56 heavy (non-hydrogen) atoms. The normalized spacial score (nSPS) is 14.3. The number of benzene rings is 2. The van der Waals surface area contributed by atoms with E-state index >= 15 is 0 Å². The third-order valence-corrected chi connectivity index (χ3v) is 12.7. The fraction of sp³-hybridized carbons (Fsp3) is 0.422. The number of furan rings is 1. The summed E-state index contributed by atoms with van der Waals surface area (Å²) in [5.41, 5.74) is 5.37. The van der Waals surface area contributed by atoms with E-state index in [-0.39, 0.29) is 54.8 Å². The van der Waals surface area contributed by atoms with E-state index in [0.29, 0.717) is 33.8 Å². The Labute approximate surface area is 344 Å². The van der Waals surface area contributed by atoms with Gasteiger partial charge in [-0.1, -0.05) is 96.3 Å². The predicted molar refractivity (Wildman–Crippen MR) is 222 cm³/mol. The summed E-state index contributed by atoms with van der Waals surface area (Å²) in [4.78, 5) is 21.2. The van der Waals surface area contributed by atoms with Gasteiger partial charge >= 0.3 is 0 Å². The molecule has 6 aromatic rings. The number of hydrogen-bond acceptors (Lipinski definition) is 9. The number of nitrogens with zero attached hydrogens (tertiary/aromatic N) is 5. The van der Waals surface area contributed by atoms with Crippen molar-refractivity contribution in [1.82, 2.24) is 20.2 Å². The topological polar surface area (TPSA) is 139 Å². The van der Waals surface area contributed by atoms with Crippen LogP contribution < -0.4 is 5.51 Å². The Kier molecular flexibility index (Phi) is 13.5. The quantitative estimate of drug-likeness (QED) is 0.0582. The van der Waals surface area contributed by atoms with Crippen LogP contribution in [0.3, 0.4) is 0 Å². The molecule has 0 bridgehead atoms. The van der Waals surface area contributed by atoms with Gasteiger partial charge in [0, 0.05) is 60.7 Å². The molecule has 1 aliphatic rings. The number of pyridine rings is 2. The first-order valence-corrected chi connectivity index (χ1v) is 23.2. The van der Waals surface area contributed by atoms with Gasteiger partial charge in [-0.15, -0.1) is 39.3 Å². The van der Waals surface area contributed by atoms with Crippen molar-refractivity contribution in [2.75, 3.05) is 0 Å². The molecule has 1 saturated carbocycles. The summed E-state index contributed by atoms with van der Waals surface area (Å²) >= 11 is 0. The molecule has 0 aliphatic heterocycles. The predicted octanol–water partition coefficient (Wildman–Crippen LogP) is 11.2. The molecule has 0 spiro atoms. The summed E-state index contributed by atoms with van der Waals surface area (Å²) in [6.07, 6.45) is 11.5. The molecule has 0 saturated heterocycles. The molecule has 295 valence electrons. The maximum absolute atomic E-state index is 11.7. The molecular weight excluding hydrogens is 895 g/mol. The van der Waals surface area contributed by atoms with Crippen LogP contribution in [0.1, 0.15) is 97.1 Å². The number of allylic oxidation sites excluding steroid dienone is 2. The van der Waals surface area contributed by atoms with Gasteiger partial charge in [-0.05, 0) is 56.1 Å². The largest absolute Gasteiger partial charge is 0.512 e. The van der Waals surface area contributed by atoms with Crippen LogP contribution in [0.2, 0.25) is 19.6 Å². The summed E-state index contributed by atoms with van der Waals surface area (Å²) < 4.78 is 12.4. The first-order valence-electron chi connectivity index (χ1n) is 19.7. The number of carbonyl (C=O) groups is 1. The van der Waals surface area contributed by atoms with Gasteiger partial charge in [0.15, 0.2) is 19.4 Å². The average molecular weight is 947 g/mol. The van der Waals surface area contributed by atoms with Crippen LogP contribution in [-0.2, 0) is 30.3 Å². The van der Waals surface area contributed by atoms with E-state index in [4.69, 9.17) is 18.8 Å². The van der Waals surface area contributed by atoms with Gasteiger partial charge in [0.1, 0.15) is 17.3 Å². The number of aromatic nitrogens is 4. The number of ketones is 1. The molecule has 4 heterocycles. The van der Waals surface area contributed by atoms with E-state index in [1.54, 1.807) is 12.3 Å². The van der Waals surface area contributed by atoms with Crippen LogP contribution in [0.5, 0.6) is 0 Å². The number of fused-ring (bicyclic) bond motifs is 4. The summed E-state index contributed by atoms with van der Waals surface area (Å²) in [5, 5.41) is 32.1. The standard InChI is InChI=1S/C32H28N5O2Si.C13H24O2.Ir/c1-32(12-7-8-13-32)25-17-20(15-19-9-5-6-10-22(19)25)26-28-23(11-14-34-26)24-16-21(18-33)27(35-29(24)38-28)30-36-37-31(39-30)40(2,3)4;1-5-10(6-2)12(14)9-13(15)11(7-3)8-4;/h5-6,9-11,14,16-17H,7-8,12-13H2,1-4H3;9-11,14H,5-8H2,1-4H3;/q-1;;/b;12-9-;. The summed E-state index contributed by atoms with van der Waals surface area (Å²) in [6.45, 7) is 16.8. The Morgan fingerprint density at radius 3 is 2.25 bits per heavy atom. The van der Waals surface area contributed by atoms with Gasteiger partial charge in [0.25, 0.3) is 5.89 Å². The van der Waals surface area contributed by atoms with Gasteiger partial charge in [-0.3, -0.25) is 9.78 Å². The zero-order valence-corrected chi connectivity index (χ0v) is 37.1. The third kappa shape index (κ3) is 8.58. The van der Waals surface area contributed by atoms with E-state index in [0.717, 1.165) is 47.4 Å². The number of rotatable bonds is 11. The van der Waals surface area contributed by atoms with Crippen LogP contribution in [0.25, 0.3) is 55.7 Å². The summed E-state index contributed by atoms with van der Waals surface area (Å²) in [5.74, 6) is 0.776. The smallest absolute Gasteiger partial charge is 0.267 e. The Morgan fingerprint density at radius 1 is 0.946 bits per heavy atom. The van der Waals surface area contributed by atoms with E-state index in [1.165, 1.54) is 42.7 Å². The minimum absolute atomic E-state index is 0. The maximum Gasteiger partial charge on any atom is 0.267 e. The fourth-order valence-electron chi connectivity index (χ4n) is 7.75. The van der Waals surface area contributed by atoms with Gasteiger partial charge in [-0.25, -0.2) is 4.98 Å². The molecule has 0 atom stereocenters. The number of nitriles is 1. The molecule has 1 N–H and O–H groups in total. The van der Waals surface area contributed by atoms with Gasteiger partial charge in [0.2, 0.25) is 5.71 Å². The summed E-state index contributed by atoms with van der Waals surface area (Å²) in [7, 11) is -1.82. The van der Waals surface area contributed by atoms with Crippen molar-refractivity contribution in [1.29, 1.82) is 5.26 Å². The molecule has 0 amide bonds. The minimum Gasteiger partial charge on any atom is -0.512 e. The number of carbonyl (C=O) groups excluding carboxylic acids is 1. The SMILES string of the molecule is CC1(c2cc(-c3nccc4c3oc3nc(-c5nnc([Si](C)(C)C)o5)c(C#N)cc34)[c-]c3ccccc23)CCCC1.CCC(CC)C(=O)/C=C(\O)C(CC)CC.[Ir]. The van der Waals surface area contributed by atoms with Gasteiger partial charge in [0.05, 0.1) is 11.3 Å². The Hall–Kier alpha value is -4.49. The van der Waals surface area contributed by atoms with Crippen molar-refractivity contribution in [2.24, 2.45) is 11.8 Å². The zero-order valence-electron chi connectivity index (χ0n) is 33.7. The molecule has 0 unspecified atom stereocenters. The Bertz CT molecular complexity index is 2410. The molecule has 11 heteroatoms. The maximum atomic E-state index is 11.7. The molecule has 4 aromatic heterocycles. The second kappa shape index (κ2) is 17.8. The first-order chi connectivity index (χ1) is 26.3. The van der Waals surface area contributed by atoms with Gasteiger partial charge in [-0.2, -0.15) is 5.26 Å². The number of aliphatic hydroxyl groups is 1. The van der Waals surface area contributed by atoms with Crippen molar-refractivity contribution in [2.45, 2.75) is 111 Å². The average Bonchev–Trinajstić information content (AvgIpc) is 3.94. The fourth-order valence-corrected chi connectivity index (χ4v) is 8.50. The van der Waals surface area contributed by atoms with Crippen LogP contribution in [0.15, 0.2) is 69.3 Å². The monoisotopic (exact) mass is 947 g/mol. The second-order valence-electron chi connectivity index (χ2n) is 16.1. The number of hydrogen-bond donors (Lipinski definition) is 1. The van der Waals surface area contributed by atoms with Crippen molar-refractivity contribution >= 4 is 52.2 Å². The summed E-state index contributed by atoms with van der Waals surface area (Å²) in [6, 6.07) is 20.3. The van der Waals surface area contributed by atoms with E-state index in [1.807, 2.05) is 33.8 Å². The Balaban J connectivity index is 0.000000322. The zero-order chi connectivity index (χ0) is 39.5. The van der Waals surface area contributed by atoms with Crippen LogP contribution >= 0.6 is 0 Å². The molecule has 1 aliphatic carbocycles. The molecule has 2 aromatic carbocycles. The van der Waals surface area contributed by atoms with E-state index in [2.05, 4.69) is 79.2 Å². The second-order valence-corrected chi connectivity index (χ2v) is 21.0.